The van der Waals surface area contributed by atoms with Crippen LogP contribution in [0.3, 0.4) is 0 Å². The molecule has 2 aliphatic heterocycles. The zero-order chi connectivity index (χ0) is 32.6. The summed E-state index contributed by atoms with van der Waals surface area (Å²) in [5.74, 6) is 3.21. The Kier molecular flexibility index (Phi) is 11.5. The first kappa shape index (κ1) is 36.7. The molecule has 2 aliphatic carbocycles. The van der Waals surface area contributed by atoms with E-state index < -0.39 is 0 Å². The van der Waals surface area contributed by atoms with E-state index in [-0.39, 0.29) is 45.4 Å². The van der Waals surface area contributed by atoms with Gasteiger partial charge in [-0.3, -0.25) is 0 Å². The molecule has 0 bridgehead atoms. The number of rotatable bonds is 19. The van der Waals surface area contributed by atoms with Crippen molar-refractivity contribution in [2.45, 2.75) is 219 Å². The standard InChI is InChI=1S/C40H74O4/c1-29(17-13-19-31(3)21-23-39-35(5,6)25-33(41)27-37(39,9)43-39)15-11-12-16-30(2)18-14-20-32(4)22-24-40-36(7,8)26-34(42)28-38(40,10)44-40/h29-34,41-42H,11-28H2,1-10H3/t29-,30+,31-,32-,33+,34+,37-,38-,39+,40+/m1/s1. The Balaban J connectivity index is 0.997. The third-order valence-electron chi connectivity index (χ3n) is 13.8. The quantitative estimate of drug-likeness (QED) is 0.112. The Morgan fingerprint density at radius 1 is 0.477 bits per heavy atom. The molecule has 44 heavy (non-hydrogen) atoms. The maximum absolute atomic E-state index is 10.3. The van der Waals surface area contributed by atoms with Crippen LogP contribution in [-0.2, 0) is 9.47 Å². The number of hydrogen-bond acceptors (Lipinski definition) is 4. The van der Waals surface area contributed by atoms with Crippen LogP contribution in [0.25, 0.3) is 0 Å². The lowest BCUT2D eigenvalue weighted by molar-refractivity contribution is 0.0288. The molecule has 0 unspecified atom stereocenters. The first-order valence-corrected chi connectivity index (χ1v) is 19.2. The lowest BCUT2D eigenvalue weighted by atomic mass is 9.61. The van der Waals surface area contributed by atoms with Crippen molar-refractivity contribution in [2.24, 2.45) is 34.5 Å². The van der Waals surface area contributed by atoms with Crippen LogP contribution in [-0.4, -0.2) is 44.8 Å². The maximum atomic E-state index is 10.3. The van der Waals surface area contributed by atoms with Gasteiger partial charge in [0.2, 0.25) is 0 Å². The molecule has 10 atom stereocenters. The van der Waals surface area contributed by atoms with E-state index in [1.807, 2.05) is 0 Å². The molecule has 0 amide bonds. The molecule has 0 aromatic heterocycles. The van der Waals surface area contributed by atoms with E-state index in [9.17, 15) is 10.2 Å². The summed E-state index contributed by atoms with van der Waals surface area (Å²) in [4.78, 5) is 0. The third-order valence-corrected chi connectivity index (χ3v) is 13.8. The van der Waals surface area contributed by atoms with E-state index in [2.05, 4.69) is 69.2 Å². The Labute approximate surface area is 273 Å². The Hall–Kier alpha value is -0.160. The average molecular weight is 619 g/mol. The summed E-state index contributed by atoms with van der Waals surface area (Å²) in [6.07, 6.45) is 21.4. The largest absolute Gasteiger partial charge is 0.393 e. The monoisotopic (exact) mass is 619 g/mol. The first-order chi connectivity index (χ1) is 20.4. The van der Waals surface area contributed by atoms with Gasteiger partial charge >= 0.3 is 0 Å². The highest BCUT2D eigenvalue weighted by Crippen LogP contribution is 2.68. The molecular formula is C40H74O4. The summed E-state index contributed by atoms with van der Waals surface area (Å²) in [5.41, 5.74) is -0.103. The van der Waals surface area contributed by atoms with Crippen molar-refractivity contribution in [3.8, 4) is 0 Å². The van der Waals surface area contributed by atoms with Crippen molar-refractivity contribution in [1.29, 1.82) is 0 Å². The molecular weight excluding hydrogens is 544 g/mol. The second-order valence-corrected chi connectivity index (χ2v) is 18.9. The molecule has 4 fully saturated rings. The predicted molar refractivity (Wildman–Crippen MR) is 184 cm³/mol. The van der Waals surface area contributed by atoms with Crippen LogP contribution < -0.4 is 0 Å². The van der Waals surface area contributed by atoms with Gasteiger partial charge < -0.3 is 19.7 Å². The summed E-state index contributed by atoms with van der Waals surface area (Å²) in [5, 5.41) is 20.6. The van der Waals surface area contributed by atoms with Crippen LogP contribution in [0.5, 0.6) is 0 Å². The summed E-state index contributed by atoms with van der Waals surface area (Å²) < 4.78 is 12.8. The highest BCUT2D eigenvalue weighted by atomic mass is 16.6. The van der Waals surface area contributed by atoms with Gasteiger partial charge in [-0.1, -0.05) is 120 Å². The number of ether oxygens (including phenoxy) is 2. The molecule has 4 nitrogen and oxygen atoms in total. The molecule has 0 spiro atoms. The fourth-order valence-corrected chi connectivity index (χ4v) is 10.8. The van der Waals surface area contributed by atoms with E-state index in [0.717, 1.165) is 62.2 Å². The van der Waals surface area contributed by atoms with Gasteiger partial charge in [-0.25, -0.2) is 0 Å². The van der Waals surface area contributed by atoms with E-state index >= 15 is 0 Å². The van der Waals surface area contributed by atoms with Gasteiger partial charge in [0.1, 0.15) is 11.2 Å². The lowest BCUT2D eigenvalue weighted by Gasteiger charge is -2.41. The molecule has 0 radical (unpaired) electrons. The first-order valence-electron chi connectivity index (χ1n) is 19.2. The minimum absolute atomic E-state index is 0.0117. The highest BCUT2D eigenvalue weighted by Gasteiger charge is 2.76. The van der Waals surface area contributed by atoms with Gasteiger partial charge in [-0.2, -0.15) is 0 Å². The number of epoxide rings is 2. The molecule has 2 heterocycles. The molecule has 0 aromatic rings. The fourth-order valence-electron chi connectivity index (χ4n) is 10.8. The van der Waals surface area contributed by atoms with Gasteiger partial charge in [-0.15, -0.1) is 0 Å². The Bertz CT molecular complexity index is 856. The van der Waals surface area contributed by atoms with Gasteiger partial charge in [0.15, 0.2) is 0 Å². The topological polar surface area (TPSA) is 65.5 Å². The van der Waals surface area contributed by atoms with Crippen LogP contribution in [0.15, 0.2) is 0 Å². The summed E-state index contributed by atoms with van der Waals surface area (Å²) in [6, 6.07) is 0. The molecule has 4 aliphatic rings. The fraction of sp³-hybridized carbons (Fsp3) is 1.00. The van der Waals surface area contributed by atoms with Crippen molar-refractivity contribution in [3.05, 3.63) is 0 Å². The number of hydrogen-bond donors (Lipinski definition) is 2. The SMILES string of the molecule is C[C@H](CCCC[C@H](C)CCC[C@@H](C)CC[C@@]12O[C@]1(C)C[C@@H](O)CC2(C)C)CCC[C@@H](C)CC[C@@]12O[C@]1(C)C[C@@H](O)CC2(C)C. The van der Waals surface area contributed by atoms with E-state index in [4.69, 9.17) is 9.47 Å². The third kappa shape index (κ3) is 7.76. The highest BCUT2D eigenvalue weighted by molar-refractivity contribution is 5.24. The van der Waals surface area contributed by atoms with Crippen LogP contribution in [0.1, 0.15) is 185 Å². The molecule has 2 saturated carbocycles. The number of fused-ring (bicyclic) bond motifs is 2. The second kappa shape index (κ2) is 13.8. The summed E-state index contributed by atoms with van der Waals surface area (Å²) in [7, 11) is 0. The van der Waals surface area contributed by atoms with Gasteiger partial charge in [0.25, 0.3) is 0 Å². The van der Waals surface area contributed by atoms with Crippen molar-refractivity contribution in [2.75, 3.05) is 0 Å². The van der Waals surface area contributed by atoms with E-state index in [0.29, 0.717) is 0 Å². The molecule has 4 heteroatoms. The van der Waals surface area contributed by atoms with Crippen molar-refractivity contribution < 1.29 is 19.7 Å². The maximum Gasteiger partial charge on any atom is 0.103 e. The minimum atomic E-state index is -0.209. The van der Waals surface area contributed by atoms with Crippen LogP contribution >= 0.6 is 0 Å². The van der Waals surface area contributed by atoms with Crippen LogP contribution in [0, 0.1) is 34.5 Å². The lowest BCUT2D eigenvalue weighted by Crippen LogP contribution is -2.47. The normalized spacial score (nSPS) is 39.5. The Morgan fingerprint density at radius 2 is 0.773 bits per heavy atom. The summed E-state index contributed by atoms with van der Waals surface area (Å²) in [6.45, 7) is 23.5. The van der Waals surface area contributed by atoms with Gasteiger partial charge in [-0.05, 0) is 86.9 Å². The molecule has 0 aromatic carbocycles. The van der Waals surface area contributed by atoms with Crippen molar-refractivity contribution in [1.82, 2.24) is 0 Å². The number of aliphatic hydroxyl groups excluding tert-OH is 2. The van der Waals surface area contributed by atoms with Crippen LogP contribution in [0.4, 0.5) is 0 Å². The molecule has 4 rings (SSSR count). The van der Waals surface area contributed by atoms with Crippen LogP contribution in [0.2, 0.25) is 0 Å². The van der Waals surface area contributed by atoms with Gasteiger partial charge in [0.05, 0.1) is 23.4 Å². The second-order valence-electron chi connectivity index (χ2n) is 18.9. The van der Waals surface area contributed by atoms with Crippen molar-refractivity contribution in [3.63, 3.8) is 0 Å². The van der Waals surface area contributed by atoms with E-state index in [1.165, 1.54) is 77.0 Å². The molecule has 2 saturated heterocycles. The predicted octanol–water partition coefficient (Wildman–Crippen LogP) is 10.4. The zero-order valence-corrected chi connectivity index (χ0v) is 30.9. The Morgan fingerprint density at radius 3 is 1.09 bits per heavy atom. The van der Waals surface area contributed by atoms with Gasteiger partial charge in [0, 0.05) is 12.8 Å². The number of aliphatic hydroxyl groups is 2. The smallest absolute Gasteiger partial charge is 0.103 e. The average Bonchev–Trinajstić information content (AvgIpc) is 3.73. The van der Waals surface area contributed by atoms with E-state index in [1.54, 1.807) is 0 Å². The van der Waals surface area contributed by atoms with Crippen molar-refractivity contribution >= 4 is 0 Å². The summed E-state index contributed by atoms with van der Waals surface area (Å²) >= 11 is 0. The minimum Gasteiger partial charge on any atom is -0.393 e. The molecule has 2 N–H and O–H groups in total. The number of unbranched alkanes of at least 4 members (excludes halogenated alkanes) is 1. The molecule has 258 valence electrons. The zero-order valence-electron chi connectivity index (χ0n) is 30.9.